The lowest BCUT2D eigenvalue weighted by molar-refractivity contribution is -0.145. The van der Waals surface area contributed by atoms with Crippen LogP contribution in [0.5, 0.6) is 0 Å². The predicted octanol–water partition coefficient (Wildman–Crippen LogP) is 4.07. The Hall–Kier alpha value is -2.58. The van der Waals surface area contributed by atoms with Crippen LogP contribution in [0.25, 0.3) is 5.69 Å². The summed E-state index contributed by atoms with van der Waals surface area (Å²) in [6.07, 6.45) is 3.56. The molecule has 0 saturated heterocycles. The largest absolute Gasteiger partial charge is 0.467 e. The highest BCUT2D eigenvalue weighted by Crippen LogP contribution is 2.23. The van der Waals surface area contributed by atoms with E-state index < -0.39 is 12.0 Å². The van der Waals surface area contributed by atoms with Crippen LogP contribution in [0.4, 0.5) is 0 Å². The average molecular weight is 474 g/mol. The molecule has 0 saturated carbocycles. The van der Waals surface area contributed by atoms with Crippen molar-refractivity contribution in [3.63, 3.8) is 0 Å². The minimum atomic E-state index is -0.864. The van der Waals surface area contributed by atoms with Crippen molar-refractivity contribution in [1.29, 1.82) is 0 Å². The normalized spacial score (nSPS) is 11.7. The number of thioether (sulfide) groups is 1. The zero-order chi connectivity index (χ0) is 20.8. The Morgan fingerprint density at radius 3 is 2.62 bits per heavy atom. The van der Waals surface area contributed by atoms with Crippen molar-refractivity contribution in [1.82, 2.24) is 14.9 Å². The van der Waals surface area contributed by atoms with Crippen LogP contribution in [-0.2, 0) is 14.3 Å². The highest BCUT2D eigenvalue weighted by molar-refractivity contribution is 9.10. The Bertz CT molecular complexity index is 1000. The molecule has 6 nitrogen and oxygen atoms in total. The number of ether oxygens (including phenoxy) is 1. The molecule has 150 valence electrons. The molecule has 3 aromatic rings. The molecular weight excluding hydrogens is 454 g/mol. The molecule has 1 aromatic heterocycles. The summed E-state index contributed by atoms with van der Waals surface area (Å²) >= 11 is 4.67. The van der Waals surface area contributed by atoms with E-state index in [0.29, 0.717) is 10.7 Å². The van der Waals surface area contributed by atoms with Crippen LogP contribution in [0.15, 0.2) is 70.6 Å². The fourth-order valence-electron chi connectivity index (χ4n) is 2.80. The second-order valence-corrected chi connectivity index (χ2v) is 8.09. The van der Waals surface area contributed by atoms with E-state index in [9.17, 15) is 9.59 Å². The van der Waals surface area contributed by atoms with Crippen molar-refractivity contribution < 1.29 is 14.3 Å². The number of esters is 1. The first-order chi connectivity index (χ1) is 14.0. The highest BCUT2D eigenvalue weighted by atomic mass is 79.9. The number of amides is 1. The number of rotatable bonds is 7. The molecule has 29 heavy (non-hydrogen) atoms. The molecule has 1 atom stereocenters. The molecule has 1 unspecified atom stereocenters. The number of carbonyl (C=O) groups is 2. The summed E-state index contributed by atoms with van der Waals surface area (Å²) in [6.45, 7) is 2.02. The molecule has 1 amide bonds. The van der Waals surface area contributed by atoms with Crippen LogP contribution in [0.1, 0.15) is 17.2 Å². The van der Waals surface area contributed by atoms with E-state index in [1.54, 1.807) is 18.3 Å². The lowest BCUT2D eigenvalue weighted by atomic mass is 10.1. The van der Waals surface area contributed by atoms with Crippen LogP contribution in [-0.4, -0.2) is 34.3 Å². The van der Waals surface area contributed by atoms with E-state index >= 15 is 0 Å². The molecule has 0 fully saturated rings. The average Bonchev–Trinajstić information content (AvgIpc) is 3.19. The molecule has 0 aliphatic rings. The van der Waals surface area contributed by atoms with Crippen molar-refractivity contribution >= 4 is 39.6 Å². The van der Waals surface area contributed by atoms with E-state index in [2.05, 4.69) is 26.2 Å². The molecule has 8 heteroatoms. The monoisotopic (exact) mass is 473 g/mol. The number of methoxy groups -OCH3 is 1. The molecule has 1 heterocycles. The number of hydrogen-bond acceptors (Lipinski definition) is 5. The maximum Gasteiger partial charge on any atom is 0.333 e. The van der Waals surface area contributed by atoms with Crippen molar-refractivity contribution in [2.24, 2.45) is 0 Å². The number of halogens is 1. The van der Waals surface area contributed by atoms with Gasteiger partial charge < -0.3 is 10.1 Å². The van der Waals surface area contributed by atoms with Crippen LogP contribution >= 0.6 is 27.7 Å². The molecule has 1 N–H and O–H groups in total. The molecule has 0 aliphatic carbocycles. The number of nitrogens with one attached hydrogen (secondary N) is 1. The van der Waals surface area contributed by atoms with Gasteiger partial charge in [-0.05, 0) is 36.2 Å². The molecule has 2 aromatic carbocycles. The molecule has 3 rings (SSSR count). The molecule has 0 spiro atoms. The summed E-state index contributed by atoms with van der Waals surface area (Å²) in [6, 6.07) is 14.3. The van der Waals surface area contributed by atoms with Crippen molar-refractivity contribution in [3.8, 4) is 5.69 Å². The first kappa shape index (κ1) is 21.1. The Balaban J connectivity index is 1.69. The number of hydrogen-bond donors (Lipinski definition) is 1. The van der Waals surface area contributed by atoms with E-state index in [1.807, 2.05) is 54.1 Å². The first-order valence-electron chi connectivity index (χ1n) is 8.84. The van der Waals surface area contributed by atoms with Gasteiger partial charge in [0.2, 0.25) is 5.91 Å². The maximum absolute atomic E-state index is 12.5. The maximum atomic E-state index is 12.5. The van der Waals surface area contributed by atoms with Crippen LogP contribution < -0.4 is 5.32 Å². The van der Waals surface area contributed by atoms with Crippen molar-refractivity contribution in [2.75, 3.05) is 12.9 Å². The van der Waals surface area contributed by atoms with Gasteiger partial charge in [-0.2, -0.15) is 0 Å². The van der Waals surface area contributed by atoms with Gasteiger partial charge in [0.1, 0.15) is 0 Å². The number of carbonyl (C=O) groups excluding carboxylic acids is 2. The molecular formula is C21H20BrN3O3S. The van der Waals surface area contributed by atoms with E-state index in [-0.39, 0.29) is 11.7 Å². The molecule has 0 bridgehead atoms. The zero-order valence-corrected chi connectivity index (χ0v) is 18.4. The number of nitrogens with zero attached hydrogens (tertiary/aromatic N) is 2. The third-order valence-electron chi connectivity index (χ3n) is 4.26. The van der Waals surface area contributed by atoms with Crippen LogP contribution in [0.2, 0.25) is 0 Å². The van der Waals surface area contributed by atoms with Crippen LogP contribution in [0, 0.1) is 6.92 Å². The van der Waals surface area contributed by atoms with Gasteiger partial charge in [-0.1, -0.05) is 58.0 Å². The third kappa shape index (κ3) is 5.27. The summed E-state index contributed by atoms with van der Waals surface area (Å²) < 4.78 is 7.68. The summed E-state index contributed by atoms with van der Waals surface area (Å²) in [7, 11) is 1.30. The lowest BCUT2D eigenvalue weighted by Gasteiger charge is -2.17. The van der Waals surface area contributed by atoms with Gasteiger partial charge in [0.25, 0.3) is 0 Å². The second-order valence-electron chi connectivity index (χ2n) is 6.23. The zero-order valence-electron chi connectivity index (χ0n) is 16.0. The van der Waals surface area contributed by atoms with Crippen molar-refractivity contribution in [3.05, 3.63) is 76.5 Å². The van der Waals surface area contributed by atoms with E-state index in [0.717, 1.165) is 15.7 Å². The Morgan fingerprint density at radius 2 is 1.93 bits per heavy atom. The number of benzene rings is 2. The summed E-state index contributed by atoms with van der Waals surface area (Å²) in [5.41, 5.74) is 2.77. The van der Waals surface area contributed by atoms with Gasteiger partial charge in [-0.3, -0.25) is 9.36 Å². The third-order valence-corrected chi connectivity index (χ3v) is 5.76. The second kappa shape index (κ2) is 9.76. The smallest absolute Gasteiger partial charge is 0.333 e. The van der Waals surface area contributed by atoms with Gasteiger partial charge in [-0.15, -0.1) is 0 Å². The van der Waals surface area contributed by atoms with Crippen LogP contribution in [0.3, 0.4) is 0 Å². The number of aromatic nitrogens is 2. The van der Waals surface area contributed by atoms with Crippen molar-refractivity contribution in [2.45, 2.75) is 18.1 Å². The minimum Gasteiger partial charge on any atom is -0.467 e. The summed E-state index contributed by atoms with van der Waals surface area (Å²) in [5, 5.41) is 3.45. The lowest BCUT2D eigenvalue weighted by Crippen LogP contribution is -2.35. The summed E-state index contributed by atoms with van der Waals surface area (Å²) in [5.74, 6) is -0.688. The minimum absolute atomic E-state index is 0.118. The van der Waals surface area contributed by atoms with E-state index in [4.69, 9.17) is 4.74 Å². The number of aryl methyl sites for hydroxylation is 1. The van der Waals surface area contributed by atoms with Gasteiger partial charge >= 0.3 is 5.97 Å². The fourth-order valence-corrected chi connectivity index (χ4v) is 3.84. The fraction of sp³-hybridized carbons (Fsp3) is 0.190. The van der Waals surface area contributed by atoms with Gasteiger partial charge in [0.05, 0.1) is 18.6 Å². The predicted molar refractivity (Wildman–Crippen MR) is 116 cm³/mol. The van der Waals surface area contributed by atoms with Gasteiger partial charge in [-0.25, -0.2) is 9.78 Å². The topological polar surface area (TPSA) is 73.2 Å². The Labute approximate surface area is 181 Å². The first-order valence-corrected chi connectivity index (χ1v) is 10.6. The SMILES string of the molecule is COC(=O)C(NC(=O)CSc1nccn1-c1ccccc1C)c1ccc(Br)cc1. The quantitative estimate of drug-likeness (QED) is 0.413. The molecule has 0 aliphatic heterocycles. The standard InChI is InChI=1S/C21H20BrN3O3S/c1-14-5-3-4-6-17(14)25-12-11-23-21(25)29-13-18(26)24-19(20(27)28-2)15-7-9-16(22)10-8-15/h3-12,19H,13H2,1-2H3,(H,24,26). The number of para-hydroxylation sites is 1. The van der Waals surface area contributed by atoms with E-state index in [1.165, 1.54) is 18.9 Å². The Kier molecular flexibility index (Phi) is 7.11. The Morgan fingerprint density at radius 1 is 1.21 bits per heavy atom. The summed E-state index contributed by atoms with van der Waals surface area (Å²) in [4.78, 5) is 29.1. The highest BCUT2D eigenvalue weighted by Gasteiger charge is 2.24. The van der Waals surface area contributed by atoms with Gasteiger partial charge in [0.15, 0.2) is 11.2 Å². The number of imidazole rings is 1. The van der Waals surface area contributed by atoms with Gasteiger partial charge in [0, 0.05) is 16.9 Å². The molecule has 0 radical (unpaired) electrons.